The van der Waals surface area contributed by atoms with E-state index < -0.39 is 0 Å². The monoisotopic (exact) mass is 260 g/mol. The second kappa shape index (κ2) is 6.71. The van der Waals surface area contributed by atoms with Crippen LogP contribution in [0.5, 0.6) is 0 Å². The van der Waals surface area contributed by atoms with E-state index in [4.69, 9.17) is 0 Å². The maximum absolute atomic E-state index is 12.1. The smallest absolute Gasteiger partial charge is 0.176 e. The van der Waals surface area contributed by atoms with Crippen LogP contribution in [0.25, 0.3) is 0 Å². The predicted molar refractivity (Wildman–Crippen MR) is 80.0 cm³/mol. The molecule has 1 atom stereocenters. The number of hydrogen-bond acceptors (Lipinski definition) is 3. The first kappa shape index (κ1) is 14.1. The van der Waals surface area contributed by atoms with E-state index in [1.54, 1.807) is 0 Å². The van der Waals surface area contributed by atoms with Crippen LogP contribution in [0.4, 0.5) is 5.69 Å². The Morgan fingerprint density at radius 1 is 1.42 bits per heavy atom. The summed E-state index contributed by atoms with van der Waals surface area (Å²) in [5, 5.41) is 6.63. The Kier molecular flexibility index (Phi) is 4.97. The molecule has 0 amide bonds. The van der Waals surface area contributed by atoms with Crippen molar-refractivity contribution in [2.75, 3.05) is 18.4 Å². The zero-order valence-electron chi connectivity index (χ0n) is 12.0. The van der Waals surface area contributed by atoms with Gasteiger partial charge in [-0.2, -0.15) is 0 Å². The predicted octanol–water partition coefficient (Wildman–Crippen LogP) is 3.01. The first-order valence-corrected chi connectivity index (χ1v) is 7.34. The molecule has 0 saturated carbocycles. The van der Waals surface area contributed by atoms with Gasteiger partial charge < -0.3 is 10.6 Å². The number of anilines is 1. The molecule has 0 aliphatic carbocycles. The highest BCUT2D eigenvalue weighted by molar-refractivity contribution is 5.98. The maximum Gasteiger partial charge on any atom is 0.176 e. The highest BCUT2D eigenvalue weighted by Crippen LogP contribution is 2.26. The van der Waals surface area contributed by atoms with Crippen LogP contribution in [0.3, 0.4) is 0 Å². The van der Waals surface area contributed by atoms with Gasteiger partial charge >= 0.3 is 0 Å². The SMILES string of the molecule is CCCCCNCC(=O)c1ccc2c(c1)CC(C)N2. The van der Waals surface area contributed by atoms with E-state index in [0.29, 0.717) is 12.6 Å². The summed E-state index contributed by atoms with van der Waals surface area (Å²) >= 11 is 0. The molecule has 3 heteroatoms. The van der Waals surface area contributed by atoms with E-state index in [2.05, 4.69) is 24.5 Å². The molecule has 1 aliphatic heterocycles. The highest BCUT2D eigenvalue weighted by atomic mass is 16.1. The molecule has 1 unspecified atom stereocenters. The third-order valence-corrected chi connectivity index (χ3v) is 3.60. The topological polar surface area (TPSA) is 41.1 Å². The van der Waals surface area contributed by atoms with Crippen molar-refractivity contribution >= 4 is 11.5 Å². The van der Waals surface area contributed by atoms with Crippen molar-refractivity contribution in [1.29, 1.82) is 0 Å². The molecule has 1 aromatic rings. The minimum absolute atomic E-state index is 0.193. The molecule has 2 N–H and O–H groups in total. The van der Waals surface area contributed by atoms with Crippen LogP contribution in [0, 0.1) is 0 Å². The number of unbranched alkanes of at least 4 members (excludes halogenated alkanes) is 2. The van der Waals surface area contributed by atoms with E-state index in [9.17, 15) is 4.79 Å². The summed E-state index contributed by atoms with van der Waals surface area (Å²) < 4.78 is 0. The Bertz CT molecular complexity index is 442. The van der Waals surface area contributed by atoms with E-state index >= 15 is 0 Å². The molecule has 0 fully saturated rings. The minimum atomic E-state index is 0.193. The Hall–Kier alpha value is -1.35. The second-order valence-electron chi connectivity index (χ2n) is 5.43. The van der Waals surface area contributed by atoms with Crippen LogP contribution in [0.2, 0.25) is 0 Å². The van der Waals surface area contributed by atoms with Crippen LogP contribution < -0.4 is 10.6 Å². The zero-order chi connectivity index (χ0) is 13.7. The van der Waals surface area contributed by atoms with Crippen molar-refractivity contribution in [2.24, 2.45) is 0 Å². The van der Waals surface area contributed by atoms with Crippen molar-refractivity contribution in [3.63, 3.8) is 0 Å². The second-order valence-corrected chi connectivity index (χ2v) is 5.43. The van der Waals surface area contributed by atoms with E-state index in [0.717, 1.165) is 24.9 Å². The quantitative estimate of drug-likeness (QED) is 0.585. The van der Waals surface area contributed by atoms with Gasteiger partial charge in [-0.05, 0) is 50.1 Å². The summed E-state index contributed by atoms with van der Waals surface area (Å²) in [6.45, 7) is 5.73. The van der Waals surface area contributed by atoms with Gasteiger partial charge in [0, 0.05) is 17.3 Å². The maximum atomic E-state index is 12.1. The van der Waals surface area contributed by atoms with Crippen molar-refractivity contribution in [3.05, 3.63) is 29.3 Å². The number of nitrogens with one attached hydrogen (secondary N) is 2. The summed E-state index contributed by atoms with van der Waals surface area (Å²) in [6, 6.07) is 6.48. The Balaban J connectivity index is 1.85. The number of fused-ring (bicyclic) bond motifs is 1. The van der Waals surface area contributed by atoms with Gasteiger partial charge in [0.2, 0.25) is 0 Å². The molecular formula is C16H24N2O. The number of benzene rings is 1. The number of hydrogen-bond donors (Lipinski definition) is 2. The van der Waals surface area contributed by atoms with Crippen molar-refractivity contribution in [1.82, 2.24) is 5.32 Å². The Morgan fingerprint density at radius 2 is 2.26 bits per heavy atom. The van der Waals surface area contributed by atoms with Crippen molar-refractivity contribution in [3.8, 4) is 0 Å². The zero-order valence-corrected chi connectivity index (χ0v) is 12.0. The number of carbonyl (C=O) groups is 1. The van der Waals surface area contributed by atoms with E-state index in [-0.39, 0.29) is 5.78 Å². The van der Waals surface area contributed by atoms with Crippen LogP contribution >= 0.6 is 0 Å². The molecule has 0 saturated heterocycles. The third kappa shape index (κ3) is 3.80. The van der Waals surface area contributed by atoms with E-state index in [1.165, 1.54) is 24.1 Å². The van der Waals surface area contributed by atoms with Crippen LogP contribution in [-0.4, -0.2) is 24.9 Å². The molecule has 0 spiro atoms. The van der Waals surface area contributed by atoms with Gasteiger partial charge in [-0.1, -0.05) is 19.8 Å². The van der Waals surface area contributed by atoms with Crippen molar-refractivity contribution < 1.29 is 4.79 Å². The molecule has 0 bridgehead atoms. The lowest BCUT2D eigenvalue weighted by molar-refractivity contribution is 0.0991. The fourth-order valence-corrected chi connectivity index (χ4v) is 2.53. The summed E-state index contributed by atoms with van der Waals surface area (Å²) in [5.74, 6) is 0.193. The Labute approximate surface area is 115 Å². The average molecular weight is 260 g/mol. The van der Waals surface area contributed by atoms with E-state index in [1.807, 2.05) is 18.2 Å². The molecular weight excluding hydrogens is 236 g/mol. The van der Waals surface area contributed by atoms with Crippen molar-refractivity contribution in [2.45, 2.75) is 45.6 Å². The normalized spacial score (nSPS) is 17.1. The lowest BCUT2D eigenvalue weighted by atomic mass is 10.0. The highest BCUT2D eigenvalue weighted by Gasteiger charge is 2.17. The van der Waals surface area contributed by atoms with Crippen LogP contribution in [-0.2, 0) is 6.42 Å². The molecule has 1 aromatic carbocycles. The van der Waals surface area contributed by atoms with Gasteiger partial charge in [-0.15, -0.1) is 0 Å². The number of ketones is 1. The lowest BCUT2D eigenvalue weighted by Gasteiger charge is -2.06. The molecule has 1 heterocycles. The fraction of sp³-hybridized carbons (Fsp3) is 0.562. The van der Waals surface area contributed by atoms with Gasteiger partial charge in [0.25, 0.3) is 0 Å². The van der Waals surface area contributed by atoms with Crippen LogP contribution in [0.15, 0.2) is 18.2 Å². The largest absolute Gasteiger partial charge is 0.382 e. The number of Topliss-reactive ketones (excluding diaryl/α,β-unsaturated/α-hetero) is 1. The van der Waals surface area contributed by atoms with Gasteiger partial charge in [0.15, 0.2) is 5.78 Å². The summed E-state index contributed by atoms with van der Waals surface area (Å²) in [7, 11) is 0. The first-order chi connectivity index (χ1) is 9.20. The Morgan fingerprint density at radius 3 is 3.05 bits per heavy atom. The van der Waals surface area contributed by atoms with Gasteiger partial charge in [-0.3, -0.25) is 4.79 Å². The van der Waals surface area contributed by atoms with Gasteiger partial charge in [-0.25, -0.2) is 0 Å². The molecule has 104 valence electrons. The third-order valence-electron chi connectivity index (χ3n) is 3.60. The standard InChI is InChI=1S/C16H24N2O/c1-3-4-5-8-17-11-16(19)13-6-7-15-14(10-13)9-12(2)18-15/h6-7,10,12,17-18H,3-5,8-9,11H2,1-2H3. The lowest BCUT2D eigenvalue weighted by Crippen LogP contribution is -2.24. The summed E-state index contributed by atoms with van der Waals surface area (Å²) in [5.41, 5.74) is 3.28. The average Bonchev–Trinajstić information content (AvgIpc) is 2.77. The summed E-state index contributed by atoms with van der Waals surface area (Å²) in [6.07, 6.45) is 4.60. The fourth-order valence-electron chi connectivity index (χ4n) is 2.53. The number of rotatable bonds is 7. The first-order valence-electron chi connectivity index (χ1n) is 7.34. The molecule has 19 heavy (non-hydrogen) atoms. The molecule has 2 rings (SSSR count). The van der Waals surface area contributed by atoms with Crippen LogP contribution in [0.1, 0.15) is 49.0 Å². The van der Waals surface area contributed by atoms with Gasteiger partial charge in [0.05, 0.1) is 6.54 Å². The number of carbonyl (C=O) groups excluding carboxylic acids is 1. The summed E-state index contributed by atoms with van der Waals surface area (Å²) in [4.78, 5) is 12.1. The molecule has 3 nitrogen and oxygen atoms in total. The molecule has 0 aromatic heterocycles. The minimum Gasteiger partial charge on any atom is -0.382 e. The van der Waals surface area contributed by atoms with Gasteiger partial charge in [0.1, 0.15) is 0 Å². The molecule has 0 radical (unpaired) electrons. The molecule has 1 aliphatic rings.